The molecule has 0 fully saturated rings. The van der Waals surface area contributed by atoms with Crippen LogP contribution in [0.25, 0.3) is 0 Å². The zero-order chi connectivity index (χ0) is 17.8. The molecular formula is C17H26FN3O2. The predicted molar refractivity (Wildman–Crippen MR) is 92.0 cm³/mol. The lowest BCUT2D eigenvalue weighted by Gasteiger charge is -2.20. The van der Waals surface area contributed by atoms with Gasteiger partial charge < -0.3 is 15.9 Å². The average Bonchev–Trinajstić information content (AvgIpc) is 2.47. The largest absolute Gasteiger partial charge is 0.392 e. The number of carbonyl (C=O) groups excluding carboxylic acids is 1. The van der Waals surface area contributed by atoms with Gasteiger partial charge in [-0.1, -0.05) is 19.9 Å². The van der Waals surface area contributed by atoms with Gasteiger partial charge in [0.05, 0.1) is 6.61 Å². The van der Waals surface area contributed by atoms with E-state index >= 15 is 0 Å². The van der Waals surface area contributed by atoms with Crippen LogP contribution in [0.15, 0.2) is 35.2 Å². The van der Waals surface area contributed by atoms with Crippen molar-refractivity contribution in [3.05, 3.63) is 35.2 Å². The van der Waals surface area contributed by atoms with E-state index in [1.807, 2.05) is 18.7 Å². The molecule has 0 amide bonds. The van der Waals surface area contributed by atoms with Gasteiger partial charge in [-0.05, 0) is 30.7 Å². The Labute approximate surface area is 137 Å². The minimum atomic E-state index is -0.564. The van der Waals surface area contributed by atoms with Crippen molar-refractivity contribution in [2.75, 3.05) is 26.7 Å². The third-order valence-corrected chi connectivity index (χ3v) is 3.18. The van der Waals surface area contributed by atoms with Crippen LogP contribution in [0.4, 0.5) is 4.39 Å². The standard InChI is InChI=1S/C17H26FN3O2/c1-13(2)16(12-23)15(11-21(3)9-8-19)17(20)6-4-5-14(18)7-10-22/h4-5,7-8,12-13,19-20,22H,6,9-11H2,1-3H3/b5-4-,14-7+,16-15-,19-8?,20-17?. The molecule has 0 aliphatic rings. The van der Waals surface area contributed by atoms with Crippen LogP contribution in [-0.2, 0) is 4.79 Å². The van der Waals surface area contributed by atoms with Gasteiger partial charge in [-0.25, -0.2) is 4.39 Å². The van der Waals surface area contributed by atoms with Gasteiger partial charge in [0.1, 0.15) is 12.1 Å². The summed E-state index contributed by atoms with van der Waals surface area (Å²) < 4.78 is 13.2. The molecule has 0 atom stereocenters. The Balaban J connectivity index is 5.28. The van der Waals surface area contributed by atoms with Crippen LogP contribution in [0.3, 0.4) is 0 Å². The van der Waals surface area contributed by atoms with Crippen LogP contribution in [0.5, 0.6) is 0 Å². The third-order valence-electron chi connectivity index (χ3n) is 3.18. The molecule has 0 aromatic heterocycles. The molecule has 0 aromatic carbocycles. The third kappa shape index (κ3) is 8.32. The Morgan fingerprint density at radius 2 is 2.04 bits per heavy atom. The second-order valence-corrected chi connectivity index (χ2v) is 5.46. The molecule has 5 nitrogen and oxygen atoms in total. The van der Waals surface area contributed by atoms with Crippen molar-refractivity contribution in [3.8, 4) is 0 Å². The second kappa shape index (κ2) is 11.6. The summed E-state index contributed by atoms with van der Waals surface area (Å²) >= 11 is 0. The maximum absolute atomic E-state index is 13.2. The molecule has 0 aliphatic heterocycles. The Morgan fingerprint density at radius 3 is 2.52 bits per heavy atom. The number of rotatable bonds is 11. The Morgan fingerprint density at radius 1 is 1.39 bits per heavy atom. The Hall–Kier alpha value is -1.92. The van der Waals surface area contributed by atoms with Gasteiger partial charge in [0.25, 0.3) is 0 Å². The van der Waals surface area contributed by atoms with Crippen LogP contribution in [0, 0.1) is 16.7 Å². The number of likely N-dealkylation sites (N-methyl/N-ethyl adjacent to an activating group) is 1. The zero-order valence-corrected chi connectivity index (χ0v) is 14.0. The van der Waals surface area contributed by atoms with Crippen molar-refractivity contribution in [1.29, 1.82) is 10.8 Å². The van der Waals surface area contributed by atoms with Gasteiger partial charge in [0.2, 0.25) is 0 Å². The van der Waals surface area contributed by atoms with Crippen molar-refractivity contribution in [1.82, 2.24) is 4.90 Å². The number of aliphatic hydroxyl groups excluding tert-OH is 1. The lowest BCUT2D eigenvalue weighted by molar-refractivity contribution is -0.105. The molecule has 0 rings (SSSR count). The lowest BCUT2D eigenvalue weighted by atomic mass is 9.93. The Kier molecular flexibility index (Phi) is 10.7. The van der Waals surface area contributed by atoms with Gasteiger partial charge in [0, 0.05) is 37.0 Å². The zero-order valence-electron chi connectivity index (χ0n) is 14.0. The molecule has 3 N–H and O–H groups in total. The molecule has 0 aromatic rings. The molecule has 0 unspecified atom stereocenters. The number of nitrogens with one attached hydrogen (secondary N) is 2. The summed E-state index contributed by atoms with van der Waals surface area (Å²) in [4.78, 5) is 13.2. The van der Waals surface area contributed by atoms with E-state index in [4.69, 9.17) is 15.9 Å². The Bertz CT molecular complexity index is 508. The molecule has 128 valence electrons. The van der Waals surface area contributed by atoms with E-state index < -0.39 is 5.83 Å². The van der Waals surface area contributed by atoms with E-state index in [9.17, 15) is 9.18 Å². The topological polar surface area (TPSA) is 88.2 Å². The molecule has 0 saturated carbocycles. The molecule has 0 saturated heterocycles. The predicted octanol–water partition coefficient (Wildman–Crippen LogP) is 2.53. The molecule has 0 heterocycles. The molecular weight excluding hydrogens is 297 g/mol. The lowest BCUT2D eigenvalue weighted by Crippen LogP contribution is -2.27. The van der Waals surface area contributed by atoms with E-state index in [0.717, 1.165) is 12.4 Å². The number of hydrogen-bond acceptors (Lipinski definition) is 5. The van der Waals surface area contributed by atoms with Crippen molar-refractivity contribution in [2.45, 2.75) is 20.3 Å². The van der Waals surface area contributed by atoms with E-state index in [1.54, 1.807) is 7.05 Å². The average molecular weight is 323 g/mol. The molecule has 0 bridgehead atoms. The maximum Gasteiger partial charge on any atom is 0.146 e. The SMILES string of the molecule is CC(C)/C(C=O)=C(/CN(C)CC=N)C(=N)C/C=C\C(F)=C/CO. The first-order valence-electron chi connectivity index (χ1n) is 7.43. The number of allylic oxidation sites excluding steroid dienone is 4. The van der Waals surface area contributed by atoms with Crippen molar-refractivity contribution >= 4 is 18.2 Å². The van der Waals surface area contributed by atoms with Crippen molar-refractivity contribution in [3.63, 3.8) is 0 Å². The summed E-state index contributed by atoms with van der Waals surface area (Å²) in [5.41, 5.74) is 1.40. The summed E-state index contributed by atoms with van der Waals surface area (Å²) in [6.07, 6.45) is 5.92. The number of halogens is 1. The van der Waals surface area contributed by atoms with Crippen LogP contribution >= 0.6 is 0 Å². The van der Waals surface area contributed by atoms with Crippen LogP contribution in [0.2, 0.25) is 0 Å². The first kappa shape index (κ1) is 21.1. The van der Waals surface area contributed by atoms with E-state index in [-0.39, 0.29) is 24.7 Å². The highest BCUT2D eigenvalue weighted by Gasteiger charge is 2.15. The number of hydrogen-bond donors (Lipinski definition) is 3. The number of carbonyl (C=O) groups is 1. The van der Waals surface area contributed by atoms with Crippen molar-refractivity contribution in [2.24, 2.45) is 5.92 Å². The highest BCUT2D eigenvalue weighted by Crippen LogP contribution is 2.17. The van der Waals surface area contributed by atoms with Gasteiger partial charge in [-0.3, -0.25) is 9.69 Å². The van der Waals surface area contributed by atoms with Crippen LogP contribution in [-0.4, -0.2) is 55.0 Å². The van der Waals surface area contributed by atoms with Gasteiger partial charge in [-0.15, -0.1) is 0 Å². The molecule has 0 spiro atoms. The summed E-state index contributed by atoms with van der Waals surface area (Å²) in [6.45, 7) is 4.18. The number of aldehydes is 1. The first-order valence-corrected chi connectivity index (χ1v) is 7.43. The maximum atomic E-state index is 13.2. The number of nitrogens with zero attached hydrogens (tertiary/aromatic N) is 1. The summed E-state index contributed by atoms with van der Waals surface area (Å²) in [7, 11) is 1.81. The highest BCUT2D eigenvalue weighted by atomic mass is 19.1. The summed E-state index contributed by atoms with van der Waals surface area (Å²) in [6, 6.07) is 0. The van der Waals surface area contributed by atoms with E-state index in [0.29, 0.717) is 24.2 Å². The summed E-state index contributed by atoms with van der Waals surface area (Å²) in [5, 5.41) is 23.9. The van der Waals surface area contributed by atoms with Gasteiger partial charge >= 0.3 is 0 Å². The summed E-state index contributed by atoms with van der Waals surface area (Å²) in [5.74, 6) is -0.586. The fourth-order valence-electron chi connectivity index (χ4n) is 1.97. The van der Waals surface area contributed by atoms with Crippen molar-refractivity contribution < 1.29 is 14.3 Å². The molecule has 0 aliphatic carbocycles. The fraction of sp³-hybridized carbons (Fsp3) is 0.471. The fourth-order valence-corrected chi connectivity index (χ4v) is 1.97. The molecule has 6 heteroatoms. The normalized spacial score (nSPS) is 13.6. The first-order chi connectivity index (χ1) is 10.9. The quantitative estimate of drug-likeness (QED) is 0.236. The molecule has 23 heavy (non-hydrogen) atoms. The monoisotopic (exact) mass is 323 g/mol. The highest BCUT2D eigenvalue weighted by molar-refractivity contribution is 6.03. The second-order valence-electron chi connectivity index (χ2n) is 5.46. The molecule has 0 radical (unpaired) electrons. The van der Waals surface area contributed by atoms with Gasteiger partial charge in [0.15, 0.2) is 0 Å². The number of aliphatic hydroxyl groups is 1. The van der Waals surface area contributed by atoms with Crippen LogP contribution in [0.1, 0.15) is 20.3 Å². The minimum Gasteiger partial charge on any atom is -0.392 e. The van der Waals surface area contributed by atoms with Gasteiger partial charge in [-0.2, -0.15) is 0 Å². The minimum absolute atomic E-state index is 0.0220. The van der Waals surface area contributed by atoms with E-state index in [2.05, 4.69) is 0 Å². The van der Waals surface area contributed by atoms with Crippen LogP contribution < -0.4 is 0 Å². The van der Waals surface area contributed by atoms with E-state index in [1.165, 1.54) is 18.4 Å². The smallest absolute Gasteiger partial charge is 0.146 e.